The van der Waals surface area contributed by atoms with Crippen LogP contribution >= 0.6 is 0 Å². The molecule has 0 saturated carbocycles. The first-order chi connectivity index (χ1) is 9.28. The van der Waals surface area contributed by atoms with Crippen LogP contribution in [0.3, 0.4) is 0 Å². The number of likely N-dealkylation sites (tertiary alicyclic amines) is 1. The first-order valence-electron chi connectivity index (χ1n) is 7.61. The third kappa shape index (κ3) is 7.10. The maximum Gasteiger partial charge on any atom is 0.410 e. The van der Waals surface area contributed by atoms with Gasteiger partial charge in [-0.2, -0.15) is 0 Å². The van der Waals surface area contributed by atoms with Gasteiger partial charge in [0.1, 0.15) is 5.60 Å². The molecule has 1 saturated heterocycles. The van der Waals surface area contributed by atoms with Crippen molar-refractivity contribution in [3.63, 3.8) is 0 Å². The van der Waals surface area contributed by atoms with Crippen molar-refractivity contribution in [2.45, 2.75) is 39.2 Å². The molecule has 0 spiro atoms. The molecule has 1 N–H and O–H groups in total. The minimum atomic E-state index is -0.425. The van der Waals surface area contributed by atoms with E-state index in [1.54, 1.807) is 11.9 Å². The van der Waals surface area contributed by atoms with Gasteiger partial charge in [0.05, 0.1) is 0 Å². The Kier molecular flexibility index (Phi) is 6.76. The number of amides is 1. The molecule has 0 aromatic heterocycles. The average molecular weight is 285 g/mol. The number of carbonyl (C=O) groups is 1. The van der Waals surface area contributed by atoms with Crippen LogP contribution in [0, 0.1) is 5.92 Å². The van der Waals surface area contributed by atoms with E-state index in [0.29, 0.717) is 6.54 Å². The van der Waals surface area contributed by atoms with Crippen molar-refractivity contribution in [1.82, 2.24) is 15.1 Å². The van der Waals surface area contributed by atoms with Crippen molar-refractivity contribution in [3.8, 4) is 0 Å². The number of hydrogen-bond donors (Lipinski definition) is 1. The Morgan fingerprint density at radius 3 is 2.75 bits per heavy atom. The summed E-state index contributed by atoms with van der Waals surface area (Å²) in [7, 11) is 3.96. The molecule has 118 valence electrons. The summed E-state index contributed by atoms with van der Waals surface area (Å²) >= 11 is 0. The lowest BCUT2D eigenvalue weighted by molar-refractivity contribution is 0.0300. The van der Waals surface area contributed by atoms with Crippen LogP contribution in [-0.2, 0) is 4.74 Å². The summed E-state index contributed by atoms with van der Waals surface area (Å²) in [5, 5.41) is 3.45. The van der Waals surface area contributed by atoms with Crippen LogP contribution in [0.15, 0.2) is 0 Å². The molecule has 0 aromatic carbocycles. The molecule has 1 amide bonds. The Labute approximate surface area is 123 Å². The van der Waals surface area contributed by atoms with Gasteiger partial charge in [-0.15, -0.1) is 0 Å². The lowest BCUT2D eigenvalue weighted by Crippen LogP contribution is -2.41. The summed E-state index contributed by atoms with van der Waals surface area (Å²) < 4.78 is 5.31. The zero-order valence-corrected chi connectivity index (χ0v) is 13.7. The minimum Gasteiger partial charge on any atom is -0.444 e. The molecule has 5 heteroatoms. The molecular weight excluding hydrogens is 254 g/mol. The normalized spacial score (nSPS) is 20.8. The van der Waals surface area contributed by atoms with Gasteiger partial charge in [0.15, 0.2) is 0 Å². The number of nitrogens with one attached hydrogen (secondary N) is 1. The summed E-state index contributed by atoms with van der Waals surface area (Å²) in [5.74, 6) is 0.737. The predicted molar refractivity (Wildman–Crippen MR) is 82.0 cm³/mol. The monoisotopic (exact) mass is 285 g/mol. The van der Waals surface area contributed by atoms with E-state index in [4.69, 9.17) is 4.74 Å². The largest absolute Gasteiger partial charge is 0.444 e. The molecule has 1 fully saturated rings. The fraction of sp³-hybridized carbons (Fsp3) is 0.933. The van der Waals surface area contributed by atoms with Gasteiger partial charge in [0.2, 0.25) is 0 Å². The second-order valence-electron chi connectivity index (χ2n) is 6.88. The summed E-state index contributed by atoms with van der Waals surface area (Å²) in [6.45, 7) is 10.6. The molecule has 20 heavy (non-hydrogen) atoms. The molecule has 1 unspecified atom stereocenters. The van der Waals surface area contributed by atoms with Crippen LogP contribution in [0.1, 0.15) is 33.6 Å². The van der Waals surface area contributed by atoms with E-state index in [0.717, 1.165) is 19.0 Å². The molecule has 1 heterocycles. The van der Waals surface area contributed by atoms with Crippen LogP contribution in [0.5, 0.6) is 0 Å². The van der Waals surface area contributed by atoms with Gasteiger partial charge < -0.3 is 19.9 Å². The lowest BCUT2D eigenvalue weighted by Gasteiger charge is -2.30. The topological polar surface area (TPSA) is 44.8 Å². The van der Waals surface area contributed by atoms with Gasteiger partial charge in [-0.1, -0.05) is 0 Å². The maximum absolute atomic E-state index is 11.8. The quantitative estimate of drug-likeness (QED) is 0.782. The minimum absolute atomic E-state index is 0.253. The first kappa shape index (κ1) is 17.2. The average Bonchev–Trinajstić information content (AvgIpc) is 2.32. The van der Waals surface area contributed by atoms with Gasteiger partial charge in [-0.25, -0.2) is 4.79 Å². The van der Waals surface area contributed by atoms with E-state index in [9.17, 15) is 4.79 Å². The Bertz CT molecular complexity index is 302. The van der Waals surface area contributed by atoms with E-state index in [1.165, 1.54) is 25.9 Å². The van der Waals surface area contributed by atoms with Crippen LogP contribution in [0.2, 0.25) is 0 Å². The van der Waals surface area contributed by atoms with Gasteiger partial charge in [0, 0.05) is 26.7 Å². The highest BCUT2D eigenvalue weighted by Crippen LogP contribution is 2.13. The van der Waals surface area contributed by atoms with E-state index < -0.39 is 5.60 Å². The van der Waals surface area contributed by atoms with E-state index in [1.807, 2.05) is 20.8 Å². The number of rotatable bonds is 5. The molecule has 1 atom stereocenters. The highest BCUT2D eigenvalue weighted by atomic mass is 16.6. The Hall–Kier alpha value is -0.810. The second-order valence-corrected chi connectivity index (χ2v) is 6.88. The van der Waals surface area contributed by atoms with Crippen LogP contribution < -0.4 is 5.32 Å². The highest BCUT2D eigenvalue weighted by molar-refractivity contribution is 5.67. The van der Waals surface area contributed by atoms with Crippen molar-refractivity contribution < 1.29 is 9.53 Å². The number of nitrogens with zero attached hydrogens (tertiary/aromatic N) is 2. The molecular formula is C15H31N3O2. The van der Waals surface area contributed by atoms with E-state index in [-0.39, 0.29) is 6.09 Å². The Morgan fingerprint density at radius 2 is 2.15 bits per heavy atom. The van der Waals surface area contributed by atoms with Gasteiger partial charge in [0.25, 0.3) is 0 Å². The number of hydrogen-bond acceptors (Lipinski definition) is 4. The highest BCUT2D eigenvalue weighted by Gasteiger charge is 2.19. The smallest absolute Gasteiger partial charge is 0.410 e. The van der Waals surface area contributed by atoms with Crippen LogP contribution in [0.25, 0.3) is 0 Å². The van der Waals surface area contributed by atoms with Crippen molar-refractivity contribution >= 4 is 6.09 Å². The Balaban J connectivity index is 2.12. The number of likely N-dealkylation sites (N-methyl/N-ethyl adjacent to an activating group) is 1. The predicted octanol–water partition coefficient (Wildman–Crippen LogP) is 1.78. The number of piperidine rings is 1. The molecule has 1 aliphatic rings. The Morgan fingerprint density at radius 1 is 1.45 bits per heavy atom. The number of carbonyl (C=O) groups excluding carboxylic acids is 1. The molecule has 1 rings (SSSR count). The van der Waals surface area contributed by atoms with Crippen molar-refractivity contribution in [2.24, 2.45) is 5.92 Å². The lowest BCUT2D eigenvalue weighted by atomic mass is 9.98. The molecule has 0 aromatic rings. The van der Waals surface area contributed by atoms with Gasteiger partial charge in [-0.3, -0.25) is 0 Å². The van der Waals surface area contributed by atoms with Crippen molar-refractivity contribution in [3.05, 3.63) is 0 Å². The molecule has 0 radical (unpaired) electrons. The third-order valence-electron chi connectivity index (χ3n) is 3.48. The van der Waals surface area contributed by atoms with Gasteiger partial charge in [-0.05, 0) is 59.7 Å². The van der Waals surface area contributed by atoms with Crippen molar-refractivity contribution in [2.75, 3.05) is 46.8 Å². The SMILES string of the molecule is CN1CCCC(CNCCN(C)C(=O)OC(C)(C)C)C1. The first-order valence-corrected chi connectivity index (χ1v) is 7.61. The molecule has 1 aliphatic heterocycles. The zero-order valence-electron chi connectivity index (χ0n) is 13.7. The fourth-order valence-corrected chi connectivity index (χ4v) is 2.42. The van der Waals surface area contributed by atoms with Crippen molar-refractivity contribution in [1.29, 1.82) is 0 Å². The molecule has 0 aliphatic carbocycles. The molecule has 0 bridgehead atoms. The summed E-state index contributed by atoms with van der Waals surface area (Å²) in [6.07, 6.45) is 2.34. The van der Waals surface area contributed by atoms with Crippen LogP contribution in [0.4, 0.5) is 4.79 Å². The molecule has 5 nitrogen and oxygen atoms in total. The second kappa shape index (κ2) is 7.84. The standard InChI is InChI=1S/C15H31N3O2/c1-15(2,3)20-14(19)18(5)10-8-16-11-13-7-6-9-17(4)12-13/h13,16H,6-12H2,1-5H3. The zero-order chi connectivity index (χ0) is 15.2. The fourth-order valence-electron chi connectivity index (χ4n) is 2.42. The van der Waals surface area contributed by atoms with Gasteiger partial charge >= 0.3 is 6.09 Å². The summed E-state index contributed by atoms with van der Waals surface area (Å²) in [6, 6.07) is 0. The maximum atomic E-state index is 11.8. The van der Waals surface area contributed by atoms with Crippen LogP contribution in [-0.4, -0.2) is 68.3 Å². The third-order valence-corrected chi connectivity index (χ3v) is 3.48. The summed E-state index contributed by atoms with van der Waals surface area (Å²) in [5.41, 5.74) is -0.425. The van der Waals surface area contributed by atoms with E-state index >= 15 is 0 Å². The number of ether oxygens (including phenoxy) is 1. The summed E-state index contributed by atoms with van der Waals surface area (Å²) in [4.78, 5) is 15.8. The van der Waals surface area contributed by atoms with E-state index in [2.05, 4.69) is 17.3 Å².